The van der Waals surface area contributed by atoms with E-state index in [1.165, 1.54) is 0 Å². The van der Waals surface area contributed by atoms with Gasteiger partial charge in [0.15, 0.2) is 11.6 Å². The van der Waals surface area contributed by atoms with E-state index in [1.807, 2.05) is 48.5 Å². The highest BCUT2D eigenvalue weighted by molar-refractivity contribution is 7.80. The summed E-state index contributed by atoms with van der Waals surface area (Å²) in [6, 6.07) is 15.1. The number of Topliss-reactive ketones (excluding diaryl/α,β-unsaturated/α-hetero) is 2. The molecule has 0 saturated heterocycles. The van der Waals surface area contributed by atoms with Crippen LogP contribution in [0.3, 0.4) is 0 Å². The van der Waals surface area contributed by atoms with Crippen LogP contribution in [-0.2, 0) is 19.8 Å². The molecule has 0 bridgehead atoms. The van der Waals surface area contributed by atoms with Gasteiger partial charge in [0.25, 0.3) is 5.91 Å². The van der Waals surface area contributed by atoms with Gasteiger partial charge in [-0.25, -0.2) is 0 Å². The lowest BCUT2D eigenvalue weighted by atomic mass is 9.57. The van der Waals surface area contributed by atoms with Crippen molar-refractivity contribution in [1.29, 1.82) is 0 Å². The van der Waals surface area contributed by atoms with Crippen LogP contribution in [0.2, 0.25) is 0 Å². The molecule has 2 aromatic carbocycles. The number of thiol groups is 1. The highest BCUT2D eigenvalue weighted by atomic mass is 32.1. The van der Waals surface area contributed by atoms with E-state index in [9.17, 15) is 9.59 Å². The first-order valence-electron chi connectivity index (χ1n) is 12.5. The van der Waals surface area contributed by atoms with E-state index in [-0.39, 0.29) is 28.3 Å². The molecule has 6 heteroatoms. The maximum Gasteiger partial charge on any atom is 0.251 e. The van der Waals surface area contributed by atoms with Gasteiger partial charge in [0.1, 0.15) is 5.41 Å². The molecule has 6 rings (SSSR count). The second-order valence-electron chi connectivity index (χ2n) is 12.1. The molecular weight excluding hydrogens is 468 g/mol. The van der Waals surface area contributed by atoms with Crippen molar-refractivity contribution >= 4 is 41.5 Å². The number of anilines is 2. The Balaban J connectivity index is 1.74. The minimum atomic E-state index is -1.33. The summed E-state index contributed by atoms with van der Waals surface area (Å²) in [7, 11) is 0. The average molecular weight is 499 g/mol. The third-order valence-corrected chi connectivity index (χ3v) is 8.44. The van der Waals surface area contributed by atoms with E-state index < -0.39 is 5.41 Å². The van der Waals surface area contributed by atoms with Crippen molar-refractivity contribution in [2.45, 2.75) is 63.7 Å². The number of amides is 1. The summed E-state index contributed by atoms with van der Waals surface area (Å²) in [5.74, 6) is -0.221. The van der Waals surface area contributed by atoms with Gasteiger partial charge in [-0.05, 0) is 53.0 Å². The standard InChI is InChI=1S/C30H30N2O3S/c1-28(2)13-18-26(23(34)16-28)31-19-10-6-5-9-17(19)30(18)25-21(14-29(3,4)15-22(25)33)32(27(30)35)20-11-7-8-12-24(20)36/h5-12,31,36H,13-16H2,1-4H3. The summed E-state index contributed by atoms with van der Waals surface area (Å²) in [6.07, 6.45) is 1.87. The summed E-state index contributed by atoms with van der Waals surface area (Å²) in [5.41, 5.74) is 2.66. The van der Waals surface area contributed by atoms with Crippen LogP contribution < -0.4 is 10.2 Å². The number of ketones is 2. The van der Waals surface area contributed by atoms with Crippen molar-refractivity contribution in [2.24, 2.45) is 10.8 Å². The van der Waals surface area contributed by atoms with E-state index in [4.69, 9.17) is 12.6 Å². The Hall–Kier alpha value is -3.12. The van der Waals surface area contributed by atoms with Gasteiger partial charge >= 0.3 is 0 Å². The molecular formula is C30H30N2O3S. The number of allylic oxidation sites excluding steroid dienone is 2. The zero-order valence-electron chi connectivity index (χ0n) is 21.1. The minimum Gasteiger partial charge on any atom is -0.352 e. The summed E-state index contributed by atoms with van der Waals surface area (Å²) < 4.78 is 0. The first-order chi connectivity index (χ1) is 17.0. The zero-order valence-corrected chi connectivity index (χ0v) is 22.0. The molecule has 184 valence electrons. The monoisotopic (exact) mass is 498 g/mol. The molecule has 0 saturated carbocycles. The normalized spacial score (nSPS) is 26.1. The van der Waals surface area contributed by atoms with Crippen molar-refractivity contribution in [1.82, 2.24) is 0 Å². The highest BCUT2D eigenvalue weighted by Crippen LogP contribution is 2.61. The van der Waals surface area contributed by atoms with Gasteiger partial charge in [-0.3, -0.25) is 19.3 Å². The number of carbonyl (C=O) groups is 3. The van der Waals surface area contributed by atoms with Crippen LogP contribution in [0.1, 0.15) is 58.9 Å². The SMILES string of the molecule is CC1(C)CC(=O)C2=C(C1)N(c1ccccc1S)C(=O)C21C2=C(Nc3ccccc31)C(=O)CC(C)(C)C2. The summed E-state index contributed by atoms with van der Waals surface area (Å²) in [6.45, 7) is 8.26. The highest BCUT2D eigenvalue weighted by Gasteiger charge is 2.64. The lowest BCUT2D eigenvalue weighted by Crippen LogP contribution is -2.50. The molecule has 1 N–H and O–H groups in total. The topological polar surface area (TPSA) is 66.5 Å². The number of benzene rings is 2. The molecule has 2 aromatic rings. The van der Waals surface area contributed by atoms with Gasteiger partial charge in [0.2, 0.25) is 0 Å². The third kappa shape index (κ3) is 3.06. The summed E-state index contributed by atoms with van der Waals surface area (Å²) in [5, 5.41) is 3.36. The Morgan fingerprint density at radius 3 is 2.19 bits per heavy atom. The Labute approximate surface area is 217 Å². The van der Waals surface area contributed by atoms with Crippen molar-refractivity contribution < 1.29 is 14.4 Å². The number of nitrogens with zero attached hydrogens (tertiary/aromatic N) is 1. The second kappa shape index (κ2) is 7.45. The fraction of sp³-hybridized carbons (Fsp3) is 0.367. The number of fused-ring (bicyclic) bond motifs is 4. The minimum absolute atomic E-state index is 0.0123. The van der Waals surface area contributed by atoms with Gasteiger partial charge in [-0.1, -0.05) is 58.0 Å². The molecule has 0 aromatic heterocycles. The van der Waals surface area contributed by atoms with Gasteiger partial charge < -0.3 is 5.32 Å². The second-order valence-corrected chi connectivity index (χ2v) is 12.6. The first-order valence-corrected chi connectivity index (χ1v) is 12.9. The molecule has 1 unspecified atom stereocenters. The van der Waals surface area contributed by atoms with Crippen LogP contribution in [0.5, 0.6) is 0 Å². The van der Waals surface area contributed by atoms with Crippen LogP contribution in [0.4, 0.5) is 11.4 Å². The van der Waals surface area contributed by atoms with Gasteiger partial charge in [0.05, 0.1) is 11.4 Å². The van der Waals surface area contributed by atoms with E-state index >= 15 is 4.79 Å². The van der Waals surface area contributed by atoms with E-state index in [0.717, 1.165) is 16.8 Å². The molecule has 0 fully saturated rings. The predicted octanol–water partition coefficient (Wildman–Crippen LogP) is 5.97. The molecule has 36 heavy (non-hydrogen) atoms. The Bertz CT molecular complexity index is 1450. The van der Waals surface area contributed by atoms with Crippen LogP contribution in [0.15, 0.2) is 76.0 Å². The number of hydrogen-bond acceptors (Lipinski definition) is 5. The summed E-state index contributed by atoms with van der Waals surface area (Å²) >= 11 is 4.70. The maximum absolute atomic E-state index is 15.0. The Morgan fingerprint density at radius 1 is 0.806 bits per heavy atom. The lowest BCUT2D eigenvalue weighted by Gasteiger charge is -2.45. The van der Waals surface area contributed by atoms with Crippen molar-refractivity contribution in [2.75, 3.05) is 10.2 Å². The van der Waals surface area contributed by atoms with Crippen LogP contribution in [-0.4, -0.2) is 17.5 Å². The molecule has 2 heterocycles. The van der Waals surface area contributed by atoms with Crippen LogP contribution in [0.25, 0.3) is 0 Å². The lowest BCUT2D eigenvalue weighted by molar-refractivity contribution is -0.124. The molecule has 0 radical (unpaired) electrons. The van der Waals surface area contributed by atoms with E-state index in [2.05, 4.69) is 33.0 Å². The zero-order chi connectivity index (χ0) is 25.6. The summed E-state index contributed by atoms with van der Waals surface area (Å²) in [4.78, 5) is 45.0. The van der Waals surface area contributed by atoms with Crippen LogP contribution in [0, 0.1) is 10.8 Å². The number of carbonyl (C=O) groups excluding carboxylic acids is 3. The number of rotatable bonds is 1. The Morgan fingerprint density at radius 2 is 1.44 bits per heavy atom. The van der Waals surface area contributed by atoms with Crippen molar-refractivity contribution in [3.8, 4) is 0 Å². The first kappa shape index (κ1) is 23.3. The van der Waals surface area contributed by atoms with Gasteiger partial charge in [-0.15, -0.1) is 12.6 Å². The molecule has 2 aliphatic carbocycles. The van der Waals surface area contributed by atoms with E-state index in [1.54, 1.807) is 4.90 Å². The van der Waals surface area contributed by atoms with Crippen molar-refractivity contribution in [3.63, 3.8) is 0 Å². The molecule has 4 aliphatic rings. The Kier molecular flexibility index (Phi) is 4.82. The molecule has 5 nitrogen and oxygen atoms in total. The number of para-hydroxylation sites is 2. The number of nitrogens with one attached hydrogen (secondary N) is 1. The predicted molar refractivity (Wildman–Crippen MR) is 143 cm³/mol. The van der Waals surface area contributed by atoms with Crippen LogP contribution >= 0.6 is 12.6 Å². The molecule has 1 spiro atoms. The average Bonchev–Trinajstić information content (AvgIpc) is 3.03. The fourth-order valence-corrected chi connectivity index (χ4v) is 7.00. The van der Waals surface area contributed by atoms with E-state index in [0.29, 0.717) is 53.2 Å². The smallest absolute Gasteiger partial charge is 0.251 e. The largest absolute Gasteiger partial charge is 0.352 e. The third-order valence-electron chi connectivity index (χ3n) is 8.06. The fourth-order valence-electron chi connectivity index (χ4n) is 6.74. The number of hydrogen-bond donors (Lipinski definition) is 2. The molecule has 2 aliphatic heterocycles. The van der Waals surface area contributed by atoms with Crippen molar-refractivity contribution in [3.05, 3.63) is 76.6 Å². The molecule has 1 amide bonds. The van der Waals surface area contributed by atoms with Gasteiger partial charge in [0, 0.05) is 34.7 Å². The van der Waals surface area contributed by atoms with Gasteiger partial charge in [-0.2, -0.15) is 0 Å². The molecule has 1 atom stereocenters. The quantitative estimate of drug-likeness (QED) is 0.475. The maximum atomic E-state index is 15.0.